The van der Waals surface area contributed by atoms with Crippen LogP contribution in [0.2, 0.25) is 5.02 Å². The van der Waals surface area contributed by atoms with Crippen LogP contribution in [-0.2, 0) is 15.0 Å². The molecule has 184 valence electrons. The number of anilines is 2. The average molecular weight is 513 g/mol. The Morgan fingerprint density at radius 2 is 1.86 bits per heavy atom. The third kappa shape index (κ3) is 2.86. The van der Waals surface area contributed by atoms with E-state index in [-0.39, 0.29) is 24.3 Å². The third-order valence-corrected chi connectivity index (χ3v) is 8.19. The molecule has 3 aromatic carbocycles. The lowest BCUT2D eigenvalue weighted by molar-refractivity contribution is -0.122. The van der Waals surface area contributed by atoms with E-state index in [0.717, 1.165) is 11.3 Å². The lowest BCUT2D eigenvalue weighted by Gasteiger charge is -2.37. The molecule has 4 aliphatic rings. The zero-order valence-corrected chi connectivity index (χ0v) is 20.5. The molecule has 7 nitrogen and oxygen atoms in total. The minimum Gasteiger partial charge on any atom is -0.454 e. The molecule has 4 heterocycles. The molecular weight excluding hydrogens is 492 g/mol. The molecule has 37 heavy (non-hydrogen) atoms. The van der Waals surface area contributed by atoms with E-state index in [1.54, 1.807) is 24.3 Å². The van der Waals surface area contributed by atoms with Crippen LogP contribution in [0.25, 0.3) is 6.08 Å². The smallest absolute Gasteiger partial charge is 0.238 e. The number of ketones is 2. The maximum Gasteiger partial charge on any atom is 0.238 e. The van der Waals surface area contributed by atoms with Gasteiger partial charge in [-0.15, -0.1) is 0 Å². The highest BCUT2D eigenvalue weighted by Crippen LogP contribution is 2.58. The predicted octanol–water partition coefficient (Wildman–Crippen LogP) is 4.63. The molecule has 1 fully saturated rings. The van der Waals surface area contributed by atoms with E-state index in [0.29, 0.717) is 33.3 Å². The van der Waals surface area contributed by atoms with Crippen molar-refractivity contribution < 1.29 is 23.9 Å². The second kappa shape index (κ2) is 7.70. The number of fused-ring (bicyclic) bond motifs is 7. The number of carbonyl (C=O) groups excluding carboxylic acids is 3. The minimum atomic E-state index is -1.33. The highest BCUT2D eigenvalue weighted by molar-refractivity contribution is 6.31. The number of ether oxygens (including phenoxy) is 2. The number of carbonyl (C=O) groups is 3. The van der Waals surface area contributed by atoms with Gasteiger partial charge in [0.1, 0.15) is 5.41 Å². The van der Waals surface area contributed by atoms with Crippen LogP contribution in [0.15, 0.2) is 66.7 Å². The summed E-state index contributed by atoms with van der Waals surface area (Å²) < 4.78 is 10.9. The molecule has 1 amide bonds. The second-order valence-corrected chi connectivity index (χ2v) is 10.2. The summed E-state index contributed by atoms with van der Waals surface area (Å²) >= 11 is 6.28. The molecule has 8 heteroatoms. The highest BCUT2D eigenvalue weighted by Gasteiger charge is 2.69. The molecule has 1 saturated heterocycles. The molecule has 4 aliphatic heterocycles. The first-order valence-electron chi connectivity index (χ1n) is 12.0. The van der Waals surface area contributed by atoms with Gasteiger partial charge in [0.05, 0.1) is 18.0 Å². The van der Waals surface area contributed by atoms with E-state index in [1.165, 1.54) is 6.92 Å². The predicted molar refractivity (Wildman–Crippen MR) is 138 cm³/mol. The highest BCUT2D eigenvalue weighted by atomic mass is 35.5. The summed E-state index contributed by atoms with van der Waals surface area (Å²) in [6.07, 6.45) is 3.84. The SMILES string of the molecule is CC(=O)[C@H]1[C@H](C(=O)c2ccc3c(c2)OCO3)[C@@]2(C(=O)Nc3ccccc32)[C@H]2C=Cc3cc(Cl)ccc3N12. The number of benzene rings is 3. The Kier molecular flexibility index (Phi) is 4.60. The van der Waals surface area contributed by atoms with Crippen molar-refractivity contribution in [3.63, 3.8) is 0 Å². The van der Waals surface area contributed by atoms with Crippen LogP contribution >= 0.6 is 11.6 Å². The Labute approximate surface area is 217 Å². The Hall–Kier alpha value is -4.10. The van der Waals surface area contributed by atoms with Gasteiger partial charge in [0.25, 0.3) is 0 Å². The summed E-state index contributed by atoms with van der Waals surface area (Å²) in [6, 6.07) is 16.4. The first kappa shape index (κ1) is 22.1. The van der Waals surface area contributed by atoms with Crippen molar-refractivity contribution in [1.29, 1.82) is 0 Å². The molecule has 1 spiro atoms. The van der Waals surface area contributed by atoms with Crippen molar-refractivity contribution in [2.24, 2.45) is 5.92 Å². The van der Waals surface area contributed by atoms with Crippen LogP contribution < -0.4 is 19.7 Å². The molecule has 1 N–H and O–H groups in total. The molecule has 4 atom stereocenters. The van der Waals surface area contributed by atoms with Crippen molar-refractivity contribution in [2.75, 3.05) is 17.0 Å². The summed E-state index contributed by atoms with van der Waals surface area (Å²) in [5.74, 6) is -0.779. The van der Waals surface area contributed by atoms with E-state index in [2.05, 4.69) is 5.32 Å². The normalized spacial score (nSPS) is 26.1. The monoisotopic (exact) mass is 512 g/mol. The fourth-order valence-corrected chi connectivity index (χ4v) is 6.71. The van der Waals surface area contributed by atoms with Gasteiger partial charge in [-0.2, -0.15) is 0 Å². The Morgan fingerprint density at radius 1 is 1.05 bits per heavy atom. The molecule has 7 rings (SSSR count). The van der Waals surface area contributed by atoms with Gasteiger partial charge in [-0.3, -0.25) is 14.4 Å². The van der Waals surface area contributed by atoms with Gasteiger partial charge in [-0.05, 0) is 60.5 Å². The van der Waals surface area contributed by atoms with Crippen molar-refractivity contribution in [3.8, 4) is 11.5 Å². The zero-order chi connectivity index (χ0) is 25.5. The quantitative estimate of drug-likeness (QED) is 0.515. The Bertz CT molecular complexity index is 1570. The van der Waals surface area contributed by atoms with Gasteiger partial charge in [-0.25, -0.2) is 0 Å². The van der Waals surface area contributed by atoms with Crippen molar-refractivity contribution >= 4 is 46.5 Å². The molecule has 3 aromatic rings. The molecule has 0 aromatic heterocycles. The van der Waals surface area contributed by atoms with Gasteiger partial charge in [0.15, 0.2) is 23.1 Å². The lowest BCUT2D eigenvalue weighted by Crippen LogP contribution is -2.51. The lowest BCUT2D eigenvalue weighted by atomic mass is 9.64. The van der Waals surface area contributed by atoms with Crippen molar-refractivity contribution in [1.82, 2.24) is 0 Å². The number of hydrogen-bond acceptors (Lipinski definition) is 6. The summed E-state index contributed by atoms with van der Waals surface area (Å²) in [4.78, 5) is 43.9. The van der Waals surface area contributed by atoms with Crippen LogP contribution in [0.3, 0.4) is 0 Å². The van der Waals surface area contributed by atoms with Gasteiger partial charge >= 0.3 is 0 Å². The van der Waals surface area contributed by atoms with E-state index in [4.69, 9.17) is 21.1 Å². The van der Waals surface area contributed by atoms with E-state index >= 15 is 0 Å². The Balaban J connectivity index is 1.50. The summed E-state index contributed by atoms with van der Waals surface area (Å²) in [5, 5.41) is 3.57. The van der Waals surface area contributed by atoms with Crippen LogP contribution in [0.5, 0.6) is 11.5 Å². The number of rotatable bonds is 3. The average Bonchev–Trinajstić information content (AvgIpc) is 3.56. The molecule has 0 bridgehead atoms. The number of hydrogen-bond donors (Lipinski definition) is 1. The largest absolute Gasteiger partial charge is 0.454 e. The fourth-order valence-electron chi connectivity index (χ4n) is 6.53. The van der Waals surface area contributed by atoms with E-state index < -0.39 is 23.4 Å². The van der Waals surface area contributed by atoms with Gasteiger partial charge in [0.2, 0.25) is 12.7 Å². The van der Waals surface area contributed by atoms with Crippen LogP contribution in [0.4, 0.5) is 11.4 Å². The molecule has 0 unspecified atom stereocenters. The van der Waals surface area contributed by atoms with Gasteiger partial charge in [0, 0.05) is 22.0 Å². The number of nitrogens with one attached hydrogen (secondary N) is 1. The second-order valence-electron chi connectivity index (χ2n) is 9.75. The van der Waals surface area contributed by atoms with Crippen molar-refractivity contribution in [2.45, 2.75) is 24.4 Å². The number of para-hydroxylation sites is 1. The van der Waals surface area contributed by atoms with Gasteiger partial charge in [-0.1, -0.05) is 42.0 Å². The summed E-state index contributed by atoms with van der Waals surface area (Å²) in [5.41, 5.74) is 1.98. The van der Waals surface area contributed by atoms with Crippen LogP contribution in [0.1, 0.15) is 28.4 Å². The molecule has 0 aliphatic carbocycles. The maximum atomic E-state index is 14.5. The molecular formula is C29H21ClN2O5. The first-order valence-corrected chi connectivity index (χ1v) is 12.4. The first-order chi connectivity index (χ1) is 17.9. The standard InChI is InChI=1S/C29H21ClN2O5/c1-15(33)26-25(27(34)17-6-10-22-23(13-17)37-14-36-22)29(19-4-2-3-5-20(19)31-28(29)35)24-11-7-16-12-18(30)8-9-21(16)32(24)26/h2-13,24-26H,14H2,1H3,(H,31,35)/t24-,25-,26+,29+/m1/s1. The molecule has 0 radical (unpaired) electrons. The van der Waals surface area contributed by atoms with Crippen molar-refractivity contribution in [3.05, 3.63) is 88.5 Å². The van der Waals surface area contributed by atoms with Crippen LogP contribution in [0, 0.1) is 5.92 Å². The van der Waals surface area contributed by atoms with Crippen LogP contribution in [-0.4, -0.2) is 36.4 Å². The fraction of sp³-hybridized carbons (Fsp3) is 0.207. The number of halogens is 1. The third-order valence-electron chi connectivity index (χ3n) is 7.95. The van der Waals surface area contributed by atoms with E-state index in [1.807, 2.05) is 53.5 Å². The van der Waals surface area contributed by atoms with E-state index in [9.17, 15) is 14.4 Å². The summed E-state index contributed by atoms with van der Waals surface area (Å²) in [6.45, 7) is 1.56. The number of nitrogens with zero attached hydrogens (tertiary/aromatic N) is 1. The topological polar surface area (TPSA) is 84.9 Å². The minimum absolute atomic E-state index is 0.0756. The zero-order valence-electron chi connectivity index (χ0n) is 19.7. The van der Waals surface area contributed by atoms with Gasteiger partial charge < -0.3 is 19.7 Å². The Morgan fingerprint density at radius 3 is 2.70 bits per heavy atom. The summed E-state index contributed by atoms with van der Waals surface area (Å²) in [7, 11) is 0. The number of amides is 1. The maximum absolute atomic E-state index is 14.5. The molecule has 0 saturated carbocycles. The number of Topliss-reactive ketones (excluding diaryl/α,β-unsaturated/α-hetero) is 2.